The fraction of sp³-hybridized carbons (Fsp3) is 0.158. The molecule has 0 saturated heterocycles. The van der Waals surface area contributed by atoms with Crippen LogP contribution in [0.5, 0.6) is 0 Å². The molecular formula is C19H17ClF2N4O2PS+. The molecule has 3 aromatic rings. The van der Waals surface area contributed by atoms with Gasteiger partial charge in [0.25, 0.3) is 0 Å². The quantitative estimate of drug-likeness (QED) is 0.401. The van der Waals surface area contributed by atoms with Gasteiger partial charge in [-0.2, -0.15) is 0 Å². The van der Waals surface area contributed by atoms with Gasteiger partial charge < -0.3 is 10.4 Å². The van der Waals surface area contributed by atoms with Crippen molar-refractivity contribution in [3.63, 3.8) is 0 Å². The maximum absolute atomic E-state index is 13.3. The van der Waals surface area contributed by atoms with E-state index in [4.69, 9.17) is 16.7 Å². The summed E-state index contributed by atoms with van der Waals surface area (Å²) in [6.07, 6.45) is 4.33. The molecule has 11 heteroatoms. The van der Waals surface area contributed by atoms with Crippen molar-refractivity contribution >= 4 is 48.1 Å². The van der Waals surface area contributed by atoms with Gasteiger partial charge in [-0.05, 0) is 38.2 Å². The second kappa shape index (κ2) is 9.66. The van der Waals surface area contributed by atoms with Crippen LogP contribution in [0.3, 0.4) is 0 Å². The van der Waals surface area contributed by atoms with E-state index >= 15 is 0 Å². The molecule has 0 aliphatic carbocycles. The van der Waals surface area contributed by atoms with Gasteiger partial charge in [-0.3, -0.25) is 9.78 Å². The van der Waals surface area contributed by atoms with Gasteiger partial charge in [0, 0.05) is 24.4 Å². The zero-order valence-corrected chi connectivity index (χ0v) is 18.2. The van der Waals surface area contributed by atoms with Gasteiger partial charge in [0.2, 0.25) is 5.91 Å². The third-order valence-electron chi connectivity index (χ3n) is 3.97. The second-order valence-corrected chi connectivity index (χ2v) is 9.84. The van der Waals surface area contributed by atoms with Crippen LogP contribution < -0.4 is 10.6 Å². The van der Waals surface area contributed by atoms with Gasteiger partial charge in [0.15, 0.2) is 5.30 Å². The lowest BCUT2D eigenvalue weighted by Gasteiger charge is -2.04. The van der Waals surface area contributed by atoms with Crippen molar-refractivity contribution in [1.82, 2.24) is 20.5 Å². The number of halogens is 3. The van der Waals surface area contributed by atoms with Crippen LogP contribution in [-0.4, -0.2) is 32.9 Å². The number of aliphatic hydroxyl groups is 1. The molecule has 30 heavy (non-hydrogen) atoms. The van der Waals surface area contributed by atoms with E-state index in [2.05, 4.69) is 20.5 Å². The largest absolute Gasteiger partial charge is 0.417 e. The summed E-state index contributed by atoms with van der Waals surface area (Å²) in [6, 6.07) is 7.57. The van der Waals surface area contributed by atoms with Crippen LogP contribution in [0.15, 0.2) is 42.6 Å². The van der Waals surface area contributed by atoms with Gasteiger partial charge >= 0.3 is 7.88 Å². The number of hydrogen-bond acceptors (Lipinski definition) is 6. The maximum atomic E-state index is 13.3. The molecule has 0 saturated carbocycles. The number of pyridine rings is 1. The van der Waals surface area contributed by atoms with Crippen molar-refractivity contribution in [2.75, 3.05) is 6.66 Å². The first-order valence-electron chi connectivity index (χ1n) is 8.66. The van der Waals surface area contributed by atoms with E-state index in [1.165, 1.54) is 35.6 Å². The van der Waals surface area contributed by atoms with Crippen molar-refractivity contribution in [2.45, 2.75) is 13.2 Å². The van der Waals surface area contributed by atoms with E-state index < -0.39 is 7.88 Å². The summed E-state index contributed by atoms with van der Waals surface area (Å²) in [5, 5.41) is 21.0. The highest BCUT2D eigenvalue weighted by molar-refractivity contribution is 7.72. The monoisotopic (exact) mass is 469 g/mol. The minimum Gasteiger partial charge on any atom is -0.389 e. The van der Waals surface area contributed by atoms with Crippen LogP contribution in [0.25, 0.3) is 16.6 Å². The Morgan fingerprint density at radius 3 is 2.63 bits per heavy atom. The number of hydrogen-bond donors (Lipinski definition) is 2. The summed E-state index contributed by atoms with van der Waals surface area (Å²) < 4.78 is 26.7. The molecule has 2 N–H and O–H groups in total. The van der Waals surface area contributed by atoms with E-state index in [-0.39, 0.29) is 24.4 Å². The molecule has 0 aliphatic heterocycles. The summed E-state index contributed by atoms with van der Waals surface area (Å²) in [7, 11) is -4.04. The van der Waals surface area contributed by atoms with Crippen molar-refractivity contribution < 1.29 is 18.3 Å². The summed E-state index contributed by atoms with van der Waals surface area (Å²) in [5.74, 6) is -0.369. The normalized spacial score (nSPS) is 11.8. The molecule has 1 amide bonds. The van der Waals surface area contributed by atoms with Gasteiger partial charge in [0.1, 0.15) is 16.7 Å². The van der Waals surface area contributed by atoms with Crippen LogP contribution in [0.4, 0.5) is 8.39 Å². The predicted octanol–water partition coefficient (Wildman–Crippen LogP) is 4.12. The van der Waals surface area contributed by atoms with Crippen molar-refractivity contribution in [1.29, 1.82) is 0 Å². The van der Waals surface area contributed by atoms with Crippen LogP contribution in [0.2, 0.25) is 5.02 Å². The summed E-state index contributed by atoms with van der Waals surface area (Å²) in [5.41, 5.74) is 1.78. The van der Waals surface area contributed by atoms with E-state index in [1.54, 1.807) is 24.4 Å². The van der Waals surface area contributed by atoms with Crippen LogP contribution >= 0.6 is 30.8 Å². The molecular weight excluding hydrogens is 453 g/mol. The Morgan fingerprint density at radius 1 is 1.30 bits per heavy atom. The SMILES string of the molecule is C[P+](F)(F)c1ccc(CNC(=O)/C=C/c2ncc(-c3nnc(CO)s3)cc2Cl)cc1. The Morgan fingerprint density at radius 2 is 2.03 bits per heavy atom. The number of rotatable bonds is 7. The third-order valence-corrected chi connectivity index (χ3v) is 6.43. The van der Waals surface area contributed by atoms with E-state index in [9.17, 15) is 13.2 Å². The number of carbonyl (C=O) groups excluding carboxylic acids is 1. The molecule has 0 unspecified atom stereocenters. The van der Waals surface area contributed by atoms with Crippen LogP contribution in [0, 0.1) is 0 Å². The van der Waals surface area contributed by atoms with Crippen molar-refractivity contribution in [3.8, 4) is 10.6 Å². The highest BCUT2D eigenvalue weighted by atomic mass is 35.5. The molecule has 3 rings (SSSR count). The van der Waals surface area contributed by atoms with E-state index in [0.717, 1.165) is 6.66 Å². The first kappa shape index (κ1) is 22.4. The Balaban J connectivity index is 1.59. The van der Waals surface area contributed by atoms with Crippen LogP contribution in [0.1, 0.15) is 16.3 Å². The lowest BCUT2D eigenvalue weighted by molar-refractivity contribution is -0.116. The summed E-state index contributed by atoms with van der Waals surface area (Å²) in [4.78, 5) is 16.3. The lowest BCUT2D eigenvalue weighted by atomic mass is 10.2. The summed E-state index contributed by atoms with van der Waals surface area (Å²) in [6.45, 7) is 0.966. The average molecular weight is 470 g/mol. The van der Waals surface area contributed by atoms with Crippen LogP contribution in [-0.2, 0) is 17.9 Å². The standard InChI is InChI=1S/C19H16ClF2N4O2PS/c1-29(21,22)14-4-2-12(3-5-14)9-24-17(28)7-6-16-15(20)8-13(10-23-16)19-26-25-18(11-27)30-19/h2-8,10,27H,9,11H2,1H3/p+1/b7-6+. The highest BCUT2D eigenvalue weighted by Crippen LogP contribution is 2.57. The minimum absolute atomic E-state index is 0.0303. The molecule has 156 valence electrons. The number of benzene rings is 1. The first-order valence-corrected chi connectivity index (χ1v) is 11.9. The third kappa shape index (κ3) is 5.86. The molecule has 0 bridgehead atoms. The zero-order valence-electron chi connectivity index (χ0n) is 15.7. The number of nitrogens with one attached hydrogen (secondary N) is 1. The number of amides is 1. The van der Waals surface area contributed by atoms with E-state index in [1.807, 2.05) is 0 Å². The van der Waals surface area contributed by atoms with Gasteiger partial charge in [-0.15, -0.1) is 10.2 Å². The molecule has 2 heterocycles. The van der Waals surface area contributed by atoms with Crippen molar-refractivity contribution in [2.24, 2.45) is 0 Å². The van der Waals surface area contributed by atoms with Gasteiger partial charge in [0.05, 0.1) is 17.3 Å². The van der Waals surface area contributed by atoms with Gasteiger partial charge in [-0.1, -0.05) is 35.1 Å². The molecule has 2 aromatic heterocycles. The molecule has 1 aromatic carbocycles. The fourth-order valence-electron chi connectivity index (χ4n) is 2.40. The Kier molecular flexibility index (Phi) is 7.20. The maximum Gasteiger partial charge on any atom is 0.417 e. The second-order valence-electron chi connectivity index (χ2n) is 6.26. The zero-order chi connectivity index (χ0) is 21.7. The smallest absolute Gasteiger partial charge is 0.389 e. The topological polar surface area (TPSA) is 88.0 Å². The van der Waals surface area contributed by atoms with E-state index in [0.29, 0.717) is 31.9 Å². The molecule has 6 nitrogen and oxygen atoms in total. The number of carbonyl (C=O) groups is 1. The summed E-state index contributed by atoms with van der Waals surface area (Å²) >= 11 is 7.46. The molecule has 0 aliphatic rings. The Bertz CT molecular complexity index is 1070. The Labute approximate surface area is 181 Å². The molecule has 0 atom stereocenters. The van der Waals surface area contributed by atoms with Crippen molar-refractivity contribution in [3.05, 3.63) is 63.9 Å². The van der Waals surface area contributed by atoms with Gasteiger partial charge in [-0.25, -0.2) is 0 Å². The highest BCUT2D eigenvalue weighted by Gasteiger charge is 2.36. The predicted molar refractivity (Wildman–Crippen MR) is 116 cm³/mol. The average Bonchev–Trinajstić information content (AvgIpc) is 3.20. The number of aromatic nitrogens is 3. The number of aliphatic hydroxyl groups excluding tert-OH is 1. The Hall–Kier alpha value is -2.32. The number of nitrogens with zero attached hydrogens (tertiary/aromatic N) is 3. The fourth-order valence-corrected chi connectivity index (χ4v) is 3.98. The molecule has 0 spiro atoms. The lowest BCUT2D eigenvalue weighted by Crippen LogP contribution is -2.20. The molecule has 0 fully saturated rings. The first-order chi connectivity index (χ1) is 14.3. The molecule has 0 radical (unpaired) electrons. The minimum atomic E-state index is -4.04.